The first-order valence-electron chi connectivity index (χ1n) is 8.09. The predicted octanol–water partition coefficient (Wildman–Crippen LogP) is 2.02. The van der Waals surface area contributed by atoms with E-state index in [9.17, 15) is 4.79 Å². The van der Waals surface area contributed by atoms with Crippen LogP contribution in [0, 0.1) is 5.92 Å². The molecule has 1 fully saturated rings. The van der Waals surface area contributed by atoms with Gasteiger partial charge in [-0.2, -0.15) is 0 Å². The number of hydrogen-bond donors (Lipinski definition) is 1. The number of anilines is 2. The topological polar surface area (TPSA) is 63.1 Å². The van der Waals surface area contributed by atoms with E-state index in [1.54, 1.807) is 19.4 Å². The molecule has 6 nitrogen and oxygen atoms in total. The number of piperidine rings is 1. The van der Waals surface area contributed by atoms with Crippen LogP contribution in [0.4, 0.5) is 11.6 Å². The summed E-state index contributed by atoms with van der Waals surface area (Å²) in [5, 5.41) is 3.08. The van der Waals surface area contributed by atoms with Crippen LogP contribution >= 0.6 is 0 Å². The van der Waals surface area contributed by atoms with E-state index >= 15 is 0 Å². The Morgan fingerprint density at radius 1 is 1.26 bits per heavy atom. The molecule has 0 aromatic carbocycles. The minimum atomic E-state index is -0.125. The van der Waals surface area contributed by atoms with Crippen LogP contribution in [-0.2, 0) is 13.6 Å². The van der Waals surface area contributed by atoms with Gasteiger partial charge in [-0.25, -0.2) is 9.97 Å². The second-order valence-corrected chi connectivity index (χ2v) is 6.24. The average Bonchev–Trinajstić information content (AvgIpc) is 2.57. The van der Waals surface area contributed by atoms with Gasteiger partial charge in [0, 0.05) is 45.3 Å². The van der Waals surface area contributed by atoms with Crippen LogP contribution < -0.4 is 15.8 Å². The first-order chi connectivity index (χ1) is 11.1. The molecule has 0 bridgehead atoms. The van der Waals surface area contributed by atoms with Crippen LogP contribution in [0.3, 0.4) is 0 Å². The summed E-state index contributed by atoms with van der Waals surface area (Å²) in [4.78, 5) is 22.9. The predicted molar refractivity (Wildman–Crippen MR) is 91.7 cm³/mol. The molecule has 2 aromatic heterocycles. The highest BCUT2D eigenvalue weighted by Crippen LogP contribution is 2.21. The molecule has 0 radical (unpaired) electrons. The fourth-order valence-electron chi connectivity index (χ4n) is 2.75. The summed E-state index contributed by atoms with van der Waals surface area (Å²) in [7, 11) is 1.71. The highest BCUT2D eigenvalue weighted by molar-refractivity contribution is 5.40. The van der Waals surface area contributed by atoms with Crippen molar-refractivity contribution in [3.8, 4) is 0 Å². The summed E-state index contributed by atoms with van der Waals surface area (Å²) < 4.78 is 1.51. The highest BCUT2D eigenvalue weighted by atomic mass is 16.1. The number of nitrogens with zero attached hydrogens (tertiary/aromatic N) is 4. The molecule has 1 N–H and O–H groups in total. The lowest BCUT2D eigenvalue weighted by molar-refractivity contribution is 0.436. The summed E-state index contributed by atoms with van der Waals surface area (Å²) in [5.41, 5.74) is 0.909. The first-order valence-corrected chi connectivity index (χ1v) is 8.09. The molecule has 23 heavy (non-hydrogen) atoms. The average molecular weight is 313 g/mol. The van der Waals surface area contributed by atoms with Gasteiger partial charge in [0.1, 0.15) is 5.82 Å². The zero-order valence-corrected chi connectivity index (χ0v) is 13.7. The van der Waals surface area contributed by atoms with Crippen molar-refractivity contribution in [3.05, 3.63) is 46.6 Å². The molecule has 2 aromatic rings. The standard InChI is InChI=1S/C17H23N5O/c1-13-5-8-22(9-6-13)15-4-3-14(11-19-15)12-20-16-17(23)21(2)10-7-18-16/h3-4,7,10-11,13H,5-6,8-9,12H2,1-2H3,(H,18,20). The van der Waals surface area contributed by atoms with Crippen LogP contribution in [0.2, 0.25) is 0 Å². The Labute approximate surface area is 136 Å². The molecule has 0 spiro atoms. The van der Waals surface area contributed by atoms with Gasteiger partial charge in [0.2, 0.25) is 0 Å². The van der Waals surface area contributed by atoms with Crippen LogP contribution in [0.5, 0.6) is 0 Å². The molecule has 1 aliphatic heterocycles. The summed E-state index contributed by atoms with van der Waals surface area (Å²) in [5.74, 6) is 2.22. The molecule has 0 amide bonds. The number of hydrogen-bond acceptors (Lipinski definition) is 5. The van der Waals surface area contributed by atoms with Gasteiger partial charge in [-0.3, -0.25) is 4.79 Å². The van der Waals surface area contributed by atoms with Crippen LogP contribution in [0.15, 0.2) is 35.5 Å². The Hall–Kier alpha value is -2.37. The van der Waals surface area contributed by atoms with Gasteiger partial charge < -0.3 is 14.8 Å². The molecule has 0 saturated carbocycles. The second kappa shape index (κ2) is 6.81. The number of rotatable bonds is 4. The Morgan fingerprint density at radius 2 is 2.04 bits per heavy atom. The maximum atomic E-state index is 11.9. The number of aromatic nitrogens is 3. The highest BCUT2D eigenvalue weighted by Gasteiger charge is 2.16. The fraction of sp³-hybridized carbons (Fsp3) is 0.471. The number of nitrogens with one attached hydrogen (secondary N) is 1. The summed E-state index contributed by atoms with van der Waals surface area (Å²) in [6.07, 6.45) is 7.58. The third-order valence-corrected chi connectivity index (χ3v) is 4.39. The summed E-state index contributed by atoms with van der Waals surface area (Å²) in [6.45, 7) is 5.00. The number of aryl methyl sites for hydroxylation is 1. The van der Waals surface area contributed by atoms with Crippen molar-refractivity contribution in [1.82, 2.24) is 14.5 Å². The minimum Gasteiger partial charge on any atom is -0.361 e. The van der Waals surface area contributed by atoms with Gasteiger partial charge in [-0.1, -0.05) is 13.0 Å². The lowest BCUT2D eigenvalue weighted by Gasteiger charge is -2.31. The third-order valence-electron chi connectivity index (χ3n) is 4.39. The van der Waals surface area contributed by atoms with Gasteiger partial charge >= 0.3 is 0 Å². The normalized spacial score (nSPS) is 15.7. The Bertz CT molecular complexity index is 702. The zero-order valence-electron chi connectivity index (χ0n) is 13.7. The lowest BCUT2D eigenvalue weighted by atomic mass is 9.99. The molecule has 0 aliphatic carbocycles. The van der Waals surface area contributed by atoms with E-state index in [-0.39, 0.29) is 5.56 Å². The zero-order chi connectivity index (χ0) is 16.2. The maximum Gasteiger partial charge on any atom is 0.293 e. The number of pyridine rings is 1. The van der Waals surface area contributed by atoms with Crippen molar-refractivity contribution in [2.75, 3.05) is 23.3 Å². The molecule has 3 rings (SSSR count). The van der Waals surface area contributed by atoms with Gasteiger partial charge in [0.25, 0.3) is 5.56 Å². The van der Waals surface area contributed by atoms with Gasteiger partial charge in [-0.15, -0.1) is 0 Å². The van der Waals surface area contributed by atoms with E-state index < -0.39 is 0 Å². The van der Waals surface area contributed by atoms with Gasteiger partial charge in [-0.05, 0) is 30.4 Å². The quantitative estimate of drug-likeness (QED) is 0.935. The van der Waals surface area contributed by atoms with Crippen molar-refractivity contribution >= 4 is 11.6 Å². The molecular weight excluding hydrogens is 290 g/mol. The fourth-order valence-corrected chi connectivity index (χ4v) is 2.75. The van der Waals surface area contributed by atoms with Crippen LogP contribution in [0.1, 0.15) is 25.3 Å². The third kappa shape index (κ3) is 3.70. The second-order valence-electron chi connectivity index (χ2n) is 6.24. The molecule has 0 atom stereocenters. The van der Waals surface area contributed by atoms with Crippen LogP contribution in [-0.4, -0.2) is 27.6 Å². The molecule has 0 unspecified atom stereocenters. The summed E-state index contributed by atoms with van der Waals surface area (Å²) >= 11 is 0. The van der Waals surface area contributed by atoms with Gasteiger partial charge in [0.15, 0.2) is 5.82 Å². The van der Waals surface area contributed by atoms with E-state index in [0.29, 0.717) is 12.4 Å². The smallest absolute Gasteiger partial charge is 0.293 e. The molecule has 3 heterocycles. The van der Waals surface area contributed by atoms with E-state index in [0.717, 1.165) is 30.4 Å². The molecule has 1 aliphatic rings. The Kier molecular flexibility index (Phi) is 4.60. The monoisotopic (exact) mass is 313 g/mol. The van der Waals surface area contributed by atoms with E-state index in [1.165, 1.54) is 17.4 Å². The molecule has 6 heteroatoms. The van der Waals surface area contributed by atoms with E-state index in [4.69, 9.17) is 0 Å². The minimum absolute atomic E-state index is 0.125. The van der Waals surface area contributed by atoms with Crippen LogP contribution in [0.25, 0.3) is 0 Å². The molecular formula is C17H23N5O. The maximum absolute atomic E-state index is 11.9. The van der Waals surface area contributed by atoms with Gasteiger partial charge in [0.05, 0.1) is 0 Å². The SMILES string of the molecule is CC1CCN(c2ccc(CNc3nccn(C)c3=O)cn2)CC1. The van der Waals surface area contributed by atoms with Crippen molar-refractivity contribution in [3.63, 3.8) is 0 Å². The van der Waals surface area contributed by atoms with Crippen molar-refractivity contribution in [2.24, 2.45) is 13.0 Å². The Morgan fingerprint density at radius 3 is 2.74 bits per heavy atom. The Balaban J connectivity index is 1.61. The lowest BCUT2D eigenvalue weighted by Crippen LogP contribution is -2.33. The van der Waals surface area contributed by atoms with E-state index in [1.807, 2.05) is 6.20 Å². The van der Waals surface area contributed by atoms with E-state index in [2.05, 4.69) is 39.2 Å². The molecule has 122 valence electrons. The van der Waals surface area contributed by atoms with Crippen molar-refractivity contribution in [2.45, 2.75) is 26.3 Å². The largest absolute Gasteiger partial charge is 0.361 e. The van der Waals surface area contributed by atoms with Crippen molar-refractivity contribution < 1.29 is 0 Å². The van der Waals surface area contributed by atoms with Crippen molar-refractivity contribution in [1.29, 1.82) is 0 Å². The first kappa shape index (κ1) is 15.5. The molecule has 1 saturated heterocycles. The summed E-state index contributed by atoms with van der Waals surface area (Å²) in [6, 6.07) is 4.12.